The number of hydrogen-bond donors (Lipinski definition) is 2. The average Bonchev–Trinajstić information content (AvgIpc) is 3.05. The number of sulfonamides is 1. The number of anilines is 4. The van der Waals surface area contributed by atoms with Crippen molar-refractivity contribution in [1.82, 2.24) is 0 Å². The minimum Gasteiger partial charge on any atom is -0.505 e. The van der Waals surface area contributed by atoms with Gasteiger partial charge in [0.15, 0.2) is 5.75 Å². The highest BCUT2D eigenvalue weighted by molar-refractivity contribution is 7.93. The Labute approximate surface area is 286 Å². The van der Waals surface area contributed by atoms with Gasteiger partial charge in [0.25, 0.3) is 10.0 Å². The van der Waals surface area contributed by atoms with Crippen molar-refractivity contribution in [3.63, 3.8) is 0 Å². The van der Waals surface area contributed by atoms with Gasteiger partial charge in [-0.3, -0.25) is 0 Å². The fourth-order valence-corrected chi connectivity index (χ4v) is 7.65. The maximum Gasteiger partial charge on any atom is 0.268 e. The van der Waals surface area contributed by atoms with Gasteiger partial charge < -0.3 is 10.4 Å². The van der Waals surface area contributed by atoms with Crippen LogP contribution in [0.15, 0.2) is 126 Å². The molecule has 0 aliphatic carbocycles. The predicted molar refractivity (Wildman–Crippen MR) is 196 cm³/mol. The summed E-state index contributed by atoms with van der Waals surface area (Å²) in [5, 5.41) is 15.4. The standard InChI is InChI=1S/C39H34Cl2N2O3S/c1-25-14-20-30(21-15-25)47(45,46)43(29-22-34(40)38(44)35(41)23-29)37-32-13-9-8-12-31(32)36(24-33(37)39(2,3)4)42-28-18-16-27(17-19-28)26-10-6-5-7-11-26/h5-24,42,44H,1-4H3. The van der Waals surface area contributed by atoms with E-state index in [0.717, 1.165) is 39.0 Å². The molecule has 0 saturated carbocycles. The number of nitrogens with zero attached hydrogens (tertiary/aromatic N) is 1. The van der Waals surface area contributed by atoms with Crippen LogP contribution in [0.5, 0.6) is 5.75 Å². The van der Waals surface area contributed by atoms with Crippen LogP contribution in [-0.2, 0) is 15.4 Å². The normalized spacial score (nSPS) is 11.9. The van der Waals surface area contributed by atoms with Gasteiger partial charge >= 0.3 is 0 Å². The molecule has 0 amide bonds. The zero-order valence-corrected chi connectivity index (χ0v) is 28.8. The summed E-state index contributed by atoms with van der Waals surface area (Å²) in [5.41, 5.74) is 5.82. The van der Waals surface area contributed by atoms with Crippen LogP contribution in [0.2, 0.25) is 10.0 Å². The highest BCUT2D eigenvalue weighted by atomic mass is 35.5. The van der Waals surface area contributed by atoms with Gasteiger partial charge in [0.05, 0.1) is 26.3 Å². The van der Waals surface area contributed by atoms with E-state index in [9.17, 15) is 13.5 Å². The van der Waals surface area contributed by atoms with E-state index in [0.29, 0.717) is 11.1 Å². The Morgan fingerprint density at radius 1 is 0.702 bits per heavy atom. The van der Waals surface area contributed by atoms with Crippen LogP contribution in [0.3, 0.4) is 0 Å². The van der Waals surface area contributed by atoms with E-state index < -0.39 is 15.4 Å². The molecule has 47 heavy (non-hydrogen) atoms. The molecule has 0 radical (unpaired) electrons. The highest BCUT2D eigenvalue weighted by Gasteiger charge is 2.34. The summed E-state index contributed by atoms with van der Waals surface area (Å²) in [7, 11) is -4.23. The summed E-state index contributed by atoms with van der Waals surface area (Å²) >= 11 is 12.8. The predicted octanol–water partition coefficient (Wildman–Crippen LogP) is 11.4. The van der Waals surface area contributed by atoms with Crippen molar-refractivity contribution in [2.75, 3.05) is 9.62 Å². The summed E-state index contributed by atoms with van der Waals surface area (Å²) in [5.74, 6) is -0.316. The summed E-state index contributed by atoms with van der Waals surface area (Å²) in [6, 6.07) is 37.7. The Balaban J connectivity index is 1.59. The maximum absolute atomic E-state index is 14.8. The lowest BCUT2D eigenvalue weighted by Crippen LogP contribution is -2.29. The Morgan fingerprint density at radius 2 is 1.26 bits per heavy atom. The number of fused-ring (bicyclic) bond motifs is 1. The van der Waals surface area contributed by atoms with Gasteiger partial charge in [-0.1, -0.05) is 128 Å². The smallest absolute Gasteiger partial charge is 0.268 e. The molecule has 0 spiro atoms. The Kier molecular flexibility index (Phi) is 8.70. The van der Waals surface area contributed by atoms with Gasteiger partial charge in [-0.05, 0) is 71.5 Å². The second-order valence-corrected chi connectivity index (χ2v) is 15.1. The molecule has 6 aromatic rings. The number of phenolic OH excluding ortho intramolecular Hbond substituents is 1. The minimum atomic E-state index is -4.23. The summed E-state index contributed by atoms with van der Waals surface area (Å²) in [6.07, 6.45) is 0. The van der Waals surface area contributed by atoms with Crippen molar-refractivity contribution in [1.29, 1.82) is 0 Å². The molecule has 0 fully saturated rings. The number of rotatable bonds is 7. The second kappa shape index (κ2) is 12.6. The first kappa shape index (κ1) is 32.5. The first-order valence-corrected chi connectivity index (χ1v) is 17.3. The minimum absolute atomic E-state index is 0.0598. The molecule has 0 saturated heterocycles. The van der Waals surface area contributed by atoms with Crippen LogP contribution in [0.1, 0.15) is 31.9 Å². The molecule has 0 aromatic heterocycles. The number of aromatic hydroxyl groups is 1. The van der Waals surface area contributed by atoms with Crippen LogP contribution < -0.4 is 9.62 Å². The zero-order chi connectivity index (χ0) is 33.5. The first-order valence-electron chi connectivity index (χ1n) is 15.1. The summed E-state index contributed by atoms with van der Waals surface area (Å²) in [4.78, 5) is 0.105. The molecule has 6 rings (SSSR count). The van der Waals surface area contributed by atoms with Crippen molar-refractivity contribution in [3.05, 3.63) is 142 Å². The van der Waals surface area contributed by atoms with Crippen molar-refractivity contribution in [2.24, 2.45) is 0 Å². The van der Waals surface area contributed by atoms with Gasteiger partial charge in [0.2, 0.25) is 0 Å². The number of phenols is 1. The summed E-state index contributed by atoms with van der Waals surface area (Å²) < 4.78 is 30.8. The molecule has 0 unspecified atom stereocenters. The van der Waals surface area contributed by atoms with Gasteiger partial charge in [0, 0.05) is 22.1 Å². The lowest BCUT2D eigenvalue weighted by atomic mass is 9.83. The monoisotopic (exact) mass is 680 g/mol. The second-order valence-electron chi connectivity index (χ2n) is 12.5. The van der Waals surface area contributed by atoms with E-state index in [-0.39, 0.29) is 26.4 Å². The molecule has 2 N–H and O–H groups in total. The third kappa shape index (κ3) is 6.41. The van der Waals surface area contributed by atoms with Gasteiger partial charge in [-0.2, -0.15) is 0 Å². The highest BCUT2D eigenvalue weighted by Crippen LogP contribution is 2.48. The molecule has 8 heteroatoms. The number of hydrogen-bond acceptors (Lipinski definition) is 4. The van der Waals surface area contributed by atoms with Crippen LogP contribution in [-0.4, -0.2) is 13.5 Å². The van der Waals surface area contributed by atoms with E-state index in [2.05, 4.69) is 29.6 Å². The third-order valence-electron chi connectivity index (χ3n) is 8.09. The quantitative estimate of drug-likeness (QED) is 0.176. The number of halogens is 2. The van der Waals surface area contributed by atoms with Gasteiger partial charge in [0.1, 0.15) is 0 Å². The van der Waals surface area contributed by atoms with E-state index in [1.54, 1.807) is 24.3 Å². The largest absolute Gasteiger partial charge is 0.505 e. The zero-order valence-electron chi connectivity index (χ0n) is 26.4. The van der Waals surface area contributed by atoms with Gasteiger partial charge in [-0.15, -0.1) is 0 Å². The lowest BCUT2D eigenvalue weighted by molar-refractivity contribution is 0.476. The van der Waals surface area contributed by atoms with Crippen molar-refractivity contribution in [2.45, 2.75) is 38.0 Å². The van der Waals surface area contributed by atoms with Crippen molar-refractivity contribution < 1.29 is 13.5 Å². The molecule has 0 bridgehead atoms. The van der Waals surface area contributed by atoms with E-state index in [1.165, 1.54) is 16.4 Å². The molecular weight excluding hydrogens is 647 g/mol. The molecule has 0 aliphatic heterocycles. The van der Waals surface area contributed by atoms with Crippen molar-refractivity contribution in [3.8, 4) is 16.9 Å². The Bertz CT molecular complexity index is 2170. The van der Waals surface area contributed by atoms with E-state index in [1.807, 2.05) is 88.4 Å². The van der Waals surface area contributed by atoms with E-state index >= 15 is 0 Å². The molecule has 0 atom stereocenters. The molecule has 5 nitrogen and oxygen atoms in total. The SMILES string of the molecule is Cc1ccc(S(=O)(=O)N(c2cc(Cl)c(O)c(Cl)c2)c2c(C(C)(C)C)cc(Nc3ccc(-c4ccccc4)cc3)c3ccccc23)cc1. The molecule has 0 heterocycles. The van der Waals surface area contributed by atoms with Crippen LogP contribution in [0.25, 0.3) is 21.9 Å². The number of aryl methyl sites for hydroxylation is 1. The average molecular weight is 682 g/mol. The molecule has 238 valence electrons. The van der Waals surface area contributed by atoms with Crippen LogP contribution in [0, 0.1) is 6.92 Å². The topological polar surface area (TPSA) is 69.6 Å². The van der Waals surface area contributed by atoms with Crippen LogP contribution >= 0.6 is 23.2 Å². The van der Waals surface area contributed by atoms with Crippen molar-refractivity contribution >= 4 is 66.7 Å². The molecule has 6 aromatic carbocycles. The third-order valence-corrected chi connectivity index (χ3v) is 10.4. The number of benzene rings is 6. The first-order chi connectivity index (χ1) is 22.3. The van der Waals surface area contributed by atoms with Crippen LogP contribution in [0.4, 0.5) is 22.7 Å². The fourth-order valence-electron chi connectivity index (χ4n) is 5.66. The molecule has 0 aliphatic rings. The number of nitrogens with one attached hydrogen (secondary N) is 1. The Morgan fingerprint density at radius 3 is 1.85 bits per heavy atom. The Hall–Kier alpha value is -4.49. The molecular formula is C39H34Cl2N2O3S. The maximum atomic E-state index is 14.8. The van der Waals surface area contributed by atoms with Gasteiger partial charge in [-0.25, -0.2) is 12.7 Å². The van der Waals surface area contributed by atoms with E-state index in [4.69, 9.17) is 23.2 Å². The fraction of sp³-hybridized carbons (Fsp3) is 0.128. The lowest BCUT2D eigenvalue weighted by Gasteiger charge is -2.33. The summed E-state index contributed by atoms with van der Waals surface area (Å²) in [6.45, 7) is 8.05.